The third kappa shape index (κ3) is 6.81. The molecule has 228 valence electrons. The molecule has 1 aliphatic heterocycles. The Balaban J connectivity index is 1.48. The lowest BCUT2D eigenvalue weighted by molar-refractivity contribution is -0.134. The molecule has 1 saturated carbocycles. The van der Waals surface area contributed by atoms with Crippen LogP contribution in [0.2, 0.25) is 0 Å². The molecule has 0 saturated heterocycles. The first kappa shape index (κ1) is 30.4. The average molecular weight is 586 g/mol. The van der Waals surface area contributed by atoms with Gasteiger partial charge in [-0.2, -0.15) is 5.21 Å². The molecule has 5 rings (SSSR count). The second-order valence-corrected chi connectivity index (χ2v) is 14.1. The Morgan fingerprint density at radius 2 is 1.81 bits per heavy atom. The molecular weight excluding hydrogens is 542 g/mol. The Kier molecular flexibility index (Phi) is 8.45. The van der Waals surface area contributed by atoms with Gasteiger partial charge < -0.3 is 10.2 Å². The van der Waals surface area contributed by atoms with Crippen LogP contribution in [-0.4, -0.2) is 58.7 Å². The first-order chi connectivity index (χ1) is 20.4. The van der Waals surface area contributed by atoms with Gasteiger partial charge in [-0.05, 0) is 73.0 Å². The van der Waals surface area contributed by atoms with Crippen LogP contribution in [-0.2, 0) is 11.3 Å². The number of nitrogens with zero attached hydrogens (tertiary/aromatic N) is 7. The van der Waals surface area contributed by atoms with Crippen molar-refractivity contribution >= 4 is 17.5 Å². The monoisotopic (exact) mass is 585 g/mol. The van der Waals surface area contributed by atoms with Gasteiger partial charge in [0.15, 0.2) is 11.5 Å². The molecule has 1 spiro atoms. The van der Waals surface area contributed by atoms with E-state index in [1.54, 1.807) is 18.6 Å². The van der Waals surface area contributed by atoms with Gasteiger partial charge in [0.25, 0.3) is 11.8 Å². The highest BCUT2D eigenvalue weighted by atomic mass is 16.2. The van der Waals surface area contributed by atoms with Gasteiger partial charge in [0.1, 0.15) is 11.4 Å². The molecule has 2 N–H and O–H groups in total. The third-order valence-corrected chi connectivity index (χ3v) is 8.84. The molecule has 2 aromatic heterocycles. The van der Waals surface area contributed by atoms with Gasteiger partial charge in [-0.3, -0.25) is 19.6 Å². The molecule has 0 radical (unpaired) electrons. The molecule has 1 atom stereocenters. The zero-order valence-electron chi connectivity index (χ0n) is 26.1. The minimum Gasteiger partial charge on any atom is -0.345 e. The number of tetrazole rings is 1. The van der Waals surface area contributed by atoms with Gasteiger partial charge in [-0.15, -0.1) is 10.2 Å². The quantitative estimate of drug-likeness (QED) is 0.377. The Hall–Kier alpha value is -4.02. The number of carbonyl (C=O) groups is 2. The van der Waals surface area contributed by atoms with Gasteiger partial charge in [0.05, 0.1) is 18.8 Å². The summed E-state index contributed by atoms with van der Waals surface area (Å²) >= 11 is 0. The number of nitrogens with one attached hydrogen (secondary N) is 2. The lowest BCUT2D eigenvalue weighted by atomic mass is 9.69. The van der Waals surface area contributed by atoms with Crippen LogP contribution in [0, 0.1) is 16.7 Å². The van der Waals surface area contributed by atoms with Crippen LogP contribution in [0.1, 0.15) is 114 Å². The van der Waals surface area contributed by atoms with Crippen LogP contribution in [0.25, 0.3) is 0 Å². The molecular formula is C32H43N9O2. The second kappa shape index (κ2) is 11.9. The maximum Gasteiger partial charge on any atom is 0.276 e. The standard InChI is InChI=1S/C32H43N9O2/c1-30(2,3)14-13-25(21-7-9-22(10-8-21)28(42)35-20-26-37-39-40-38-26)41-29(43)27(24-19-33-17-18-34-24)36-32(41)15-11-23(12-16-32)31(4,5)6/h7-10,17-19,23,25H,11-16,20H2,1-6H3,(H,35,42)(H,37,38,39,40)/t23?,25-,32?/m1/s1. The average Bonchev–Trinajstić information content (AvgIpc) is 3.59. The smallest absolute Gasteiger partial charge is 0.276 e. The summed E-state index contributed by atoms with van der Waals surface area (Å²) in [6.07, 6.45) is 10.1. The summed E-state index contributed by atoms with van der Waals surface area (Å²) in [5.41, 5.74) is 2.03. The van der Waals surface area contributed by atoms with E-state index in [0.29, 0.717) is 28.7 Å². The molecule has 1 aliphatic carbocycles. The fraction of sp³-hybridized carbons (Fsp3) is 0.562. The van der Waals surface area contributed by atoms with Crippen LogP contribution < -0.4 is 5.32 Å². The topological polar surface area (TPSA) is 142 Å². The van der Waals surface area contributed by atoms with E-state index in [1.807, 2.05) is 29.2 Å². The summed E-state index contributed by atoms with van der Waals surface area (Å²) in [5, 5.41) is 16.5. The van der Waals surface area contributed by atoms with E-state index in [4.69, 9.17) is 4.99 Å². The van der Waals surface area contributed by atoms with Crippen LogP contribution in [0.15, 0.2) is 47.8 Å². The van der Waals surface area contributed by atoms with Crippen molar-refractivity contribution in [2.45, 2.75) is 98.3 Å². The minimum atomic E-state index is -0.644. The highest BCUT2D eigenvalue weighted by molar-refractivity contribution is 6.46. The van der Waals surface area contributed by atoms with Gasteiger partial charge in [-0.1, -0.05) is 58.9 Å². The number of hydrogen-bond donors (Lipinski definition) is 2. The van der Waals surface area contributed by atoms with Crippen molar-refractivity contribution < 1.29 is 9.59 Å². The number of H-pyrrole nitrogens is 1. The van der Waals surface area contributed by atoms with Gasteiger partial charge >= 0.3 is 0 Å². The predicted molar refractivity (Wildman–Crippen MR) is 163 cm³/mol. The molecule has 2 aliphatic rings. The fourth-order valence-corrected chi connectivity index (χ4v) is 6.32. The van der Waals surface area contributed by atoms with Gasteiger partial charge in [0.2, 0.25) is 0 Å². The number of carbonyl (C=O) groups excluding carboxylic acids is 2. The van der Waals surface area contributed by atoms with Crippen molar-refractivity contribution in [1.29, 1.82) is 0 Å². The largest absolute Gasteiger partial charge is 0.345 e. The Labute approximate surface area is 253 Å². The van der Waals surface area contributed by atoms with E-state index in [9.17, 15) is 9.59 Å². The van der Waals surface area contributed by atoms with Crippen molar-refractivity contribution in [3.63, 3.8) is 0 Å². The number of rotatable bonds is 8. The lowest BCUT2D eigenvalue weighted by Crippen LogP contribution is -2.51. The summed E-state index contributed by atoms with van der Waals surface area (Å²) in [6.45, 7) is 13.7. The fourth-order valence-electron chi connectivity index (χ4n) is 6.32. The maximum atomic E-state index is 14.4. The van der Waals surface area contributed by atoms with Gasteiger partial charge in [-0.25, -0.2) is 4.99 Å². The number of amides is 2. The normalized spacial score (nSPS) is 21.6. The van der Waals surface area contributed by atoms with Crippen LogP contribution in [0.4, 0.5) is 0 Å². The van der Waals surface area contributed by atoms with Gasteiger partial charge in [0, 0.05) is 18.0 Å². The molecule has 0 bridgehead atoms. The lowest BCUT2D eigenvalue weighted by Gasteiger charge is -2.47. The predicted octanol–water partition coefficient (Wildman–Crippen LogP) is 5.05. The SMILES string of the molecule is CC(C)(C)CC[C@H](c1ccc(C(=O)NCc2nn[nH]n2)cc1)N1C(=O)C(c2cnccn2)=NC12CCC(C(C)(C)C)CC2. The minimum absolute atomic E-state index is 0.0711. The number of benzene rings is 1. The van der Waals surface area contributed by atoms with Crippen LogP contribution >= 0.6 is 0 Å². The van der Waals surface area contributed by atoms with E-state index in [0.717, 1.165) is 44.1 Å². The van der Waals surface area contributed by atoms with E-state index in [1.165, 1.54) is 0 Å². The van der Waals surface area contributed by atoms with Crippen molar-refractivity contribution in [3.8, 4) is 0 Å². The van der Waals surface area contributed by atoms with E-state index in [-0.39, 0.29) is 35.2 Å². The number of aromatic nitrogens is 6. The zero-order chi connectivity index (χ0) is 30.8. The summed E-state index contributed by atoms with van der Waals surface area (Å²) in [4.78, 5) is 43.2. The molecule has 1 aromatic carbocycles. The second-order valence-electron chi connectivity index (χ2n) is 14.1. The highest BCUT2D eigenvalue weighted by Crippen LogP contribution is 2.50. The molecule has 3 aromatic rings. The van der Waals surface area contributed by atoms with E-state index < -0.39 is 5.66 Å². The number of aromatic amines is 1. The van der Waals surface area contributed by atoms with Crippen molar-refractivity contribution in [2.75, 3.05) is 0 Å². The van der Waals surface area contributed by atoms with E-state index in [2.05, 4.69) is 77.5 Å². The molecule has 3 heterocycles. The van der Waals surface area contributed by atoms with Crippen LogP contribution in [0.3, 0.4) is 0 Å². The van der Waals surface area contributed by atoms with Crippen molar-refractivity contribution in [1.82, 2.24) is 40.8 Å². The van der Waals surface area contributed by atoms with E-state index >= 15 is 0 Å². The molecule has 0 unspecified atom stereocenters. The maximum absolute atomic E-state index is 14.4. The van der Waals surface area contributed by atoms with Crippen molar-refractivity contribution in [3.05, 3.63) is 65.5 Å². The number of hydrogen-bond acceptors (Lipinski definition) is 8. The summed E-state index contributed by atoms with van der Waals surface area (Å²) in [6, 6.07) is 7.36. The first-order valence-corrected chi connectivity index (χ1v) is 15.2. The molecule has 1 fully saturated rings. The Morgan fingerprint density at radius 1 is 1.09 bits per heavy atom. The molecule has 2 amide bonds. The summed E-state index contributed by atoms with van der Waals surface area (Å²) in [7, 11) is 0. The number of aliphatic imine (C=N–C) groups is 1. The molecule has 11 heteroatoms. The first-order valence-electron chi connectivity index (χ1n) is 15.2. The molecule has 11 nitrogen and oxygen atoms in total. The zero-order valence-corrected chi connectivity index (χ0v) is 26.1. The van der Waals surface area contributed by atoms with Crippen LogP contribution in [0.5, 0.6) is 0 Å². The van der Waals surface area contributed by atoms with Crippen molar-refractivity contribution in [2.24, 2.45) is 21.7 Å². The summed E-state index contributed by atoms with van der Waals surface area (Å²) < 4.78 is 0. The Morgan fingerprint density at radius 3 is 2.40 bits per heavy atom. The molecule has 43 heavy (non-hydrogen) atoms. The third-order valence-electron chi connectivity index (χ3n) is 8.84. The Bertz CT molecular complexity index is 1430. The summed E-state index contributed by atoms with van der Waals surface area (Å²) in [5.74, 6) is 0.634. The highest BCUT2D eigenvalue weighted by Gasteiger charge is 2.53.